The first kappa shape index (κ1) is 10.6. The Labute approximate surface area is 101 Å². The van der Waals surface area contributed by atoms with E-state index in [1.807, 2.05) is 17.0 Å². The third kappa shape index (κ3) is 2.00. The number of hydrogen-bond acceptors (Lipinski definition) is 3. The fraction of sp³-hybridized carbons (Fsp3) is 0.462. The summed E-state index contributed by atoms with van der Waals surface area (Å²) in [4.78, 5) is 13.7. The third-order valence-electron chi connectivity index (χ3n) is 3.49. The first-order chi connectivity index (χ1) is 8.25. The molecule has 17 heavy (non-hydrogen) atoms. The lowest BCUT2D eigenvalue weighted by molar-refractivity contribution is -0.118. The minimum atomic E-state index is 0.141. The van der Waals surface area contributed by atoms with Gasteiger partial charge in [-0.2, -0.15) is 0 Å². The van der Waals surface area contributed by atoms with Crippen LogP contribution in [0.15, 0.2) is 18.2 Å². The van der Waals surface area contributed by atoms with Gasteiger partial charge in [0.05, 0.1) is 6.54 Å². The second-order valence-electron chi connectivity index (χ2n) is 4.81. The van der Waals surface area contributed by atoms with Crippen molar-refractivity contribution in [2.24, 2.45) is 0 Å². The lowest BCUT2D eigenvalue weighted by Crippen LogP contribution is -2.48. The van der Waals surface area contributed by atoms with E-state index in [1.54, 1.807) is 0 Å². The van der Waals surface area contributed by atoms with Crippen LogP contribution in [0.5, 0.6) is 0 Å². The summed E-state index contributed by atoms with van der Waals surface area (Å²) in [5.41, 5.74) is 9.05. The molecule has 90 valence electrons. The highest BCUT2D eigenvalue weighted by Crippen LogP contribution is 2.43. The molecule has 0 radical (unpaired) electrons. The fourth-order valence-corrected chi connectivity index (χ4v) is 2.36. The number of carbonyl (C=O) groups is 1. The fourth-order valence-electron chi connectivity index (χ4n) is 2.36. The number of nitrogens with zero attached hydrogens (tertiary/aromatic N) is 1. The molecule has 0 atom stereocenters. The van der Waals surface area contributed by atoms with E-state index in [4.69, 9.17) is 5.73 Å². The number of piperazine rings is 1. The van der Waals surface area contributed by atoms with Crippen molar-refractivity contribution >= 4 is 17.3 Å². The molecular weight excluding hydrogens is 214 g/mol. The van der Waals surface area contributed by atoms with Crippen LogP contribution in [0.25, 0.3) is 0 Å². The Morgan fingerprint density at radius 2 is 2.18 bits per heavy atom. The normalized spacial score (nSPS) is 20.7. The van der Waals surface area contributed by atoms with Gasteiger partial charge < -0.3 is 16.0 Å². The molecule has 4 nitrogen and oxygen atoms in total. The molecule has 1 amide bonds. The van der Waals surface area contributed by atoms with Crippen molar-refractivity contribution in [3.8, 4) is 0 Å². The van der Waals surface area contributed by atoms with Crippen molar-refractivity contribution in [2.45, 2.75) is 18.8 Å². The van der Waals surface area contributed by atoms with Gasteiger partial charge in [-0.05, 0) is 42.5 Å². The monoisotopic (exact) mass is 231 g/mol. The van der Waals surface area contributed by atoms with Crippen LogP contribution in [0.1, 0.15) is 24.3 Å². The maximum Gasteiger partial charge on any atom is 0.240 e. The van der Waals surface area contributed by atoms with Crippen molar-refractivity contribution < 1.29 is 4.79 Å². The Morgan fingerprint density at radius 1 is 1.35 bits per heavy atom. The van der Waals surface area contributed by atoms with Crippen molar-refractivity contribution in [3.63, 3.8) is 0 Å². The maximum atomic E-state index is 11.8. The van der Waals surface area contributed by atoms with Crippen LogP contribution in [-0.2, 0) is 4.79 Å². The Kier molecular flexibility index (Phi) is 2.52. The first-order valence-corrected chi connectivity index (χ1v) is 6.16. The third-order valence-corrected chi connectivity index (χ3v) is 3.49. The molecule has 1 aromatic carbocycles. The van der Waals surface area contributed by atoms with Crippen molar-refractivity contribution in [2.75, 3.05) is 30.3 Å². The Bertz CT molecular complexity index is 454. The van der Waals surface area contributed by atoms with Crippen LogP contribution in [0.4, 0.5) is 11.4 Å². The van der Waals surface area contributed by atoms with Gasteiger partial charge in [0, 0.05) is 24.5 Å². The van der Waals surface area contributed by atoms with Gasteiger partial charge >= 0.3 is 0 Å². The molecular formula is C13H17N3O. The molecule has 2 aliphatic rings. The van der Waals surface area contributed by atoms with Gasteiger partial charge in [-0.3, -0.25) is 4.79 Å². The first-order valence-electron chi connectivity index (χ1n) is 6.16. The number of nitrogen functional groups attached to an aromatic ring is 1. The number of amides is 1. The maximum absolute atomic E-state index is 11.8. The van der Waals surface area contributed by atoms with Crippen LogP contribution in [0.3, 0.4) is 0 Å². The van der Waals surface area contributed by atoms with Crippen LogP contribution in [0.2, 0.25) is 0 Å². The van der Waals surface area contributed by atoms with Gasteiger partial charge in [-0.15, -0.1) is 0 Å². The molecule has 2 fully saturated rings. The summed E-state index contributed by atoms with van der Waals surface area (Å²) in [7, 11) is 0. The molecule has 1 aliphatic heterocycles. The van der Waals surface area contributed by atoms with Crippen LogP contribution >= 0.6 is 0 Å². The van der Waals surface area contributed by atoms with Gasteiger partial charge in [0.2, 0.25) is 5.91 Å². The SMILES string of the molecule is Nc1ccc(N2CCNCC2=O)cc1C1CC1. The van der Waals surface area contributed by atoms with Crippen molar-refractivity contribution in [1.29, 1.82) is 0 Å². The molecule has 0 aromatic heterocycles. The summed E-state index contributed by atoms with van der Waals surface area (Å²) in [6, 6.07) is 5.97. The topological polar surface area (TPSA) is 58.4 Å². The smallest absolute Gasteiger partial charge is 0.240 e. The lowest BCUT2D eigenvalue weighted by Gasteiger charge is -2.28. The standard InChI is InChI=1S/C13H17N3O/c14-12-4-3-10(7-11(12)9-1-2-9)16-6-5-15-8-13(16)17/h3-4,7,9,15H,1-2,5-6,8,14H2. The molecule has 3 rings (SSSR count). The average Bonchev–Trinajstić information content (AvgIpc) is 3.15. The van der Waals surface area contributed by atoms with Gasteiger partial charge in [0.15, 0.2) is 0 Å². The van der Waals surface area contributed by atoms with Gasteiger partial charge in [0.1, 0.15) is 0 Å². The quantitative estimate of drug-likeness (QED) is 0.749. The summed E-state index contributed by atoms with van der Waals surface area (Å²) in [5, 5.41) is 3.08. The van der Waals surface area contributed by atoms with Crippen LogP contribution < -0.4 is 16.0 Å². The summed E-state index contributed by atoms with van der Waals surface area (Å²) in [6.07, 6.45) is 2.45. The average molecular weight is 231 g/mol. The summed E-state index contributed by atoms with van der Waals surface area (Å²) in [5.74, 6) is 0.760. The van der Waals surface area contributed by atoms with Gasteiger partial charge in [-0.1, -0.05) is 0 Å². The van der Waals surface area contributed by atoms with E-state index in [2.05, 4.69) is 11.4 Å². The molecule has 4 heteroatoms. The zero-order valence-corrected chi connectivity index (χ0v) is 9.78. The highest BCUT2D eigenvalue weighted by atomic mass is 16.2. The highest BCUT2D eigenvalue weighted by Gasteiger charge is 2.27. The number of carbonyl (C=O) groups excluding carboxylic acids is 1. The van der Waals surface area contributed by atoms with E-state index in [1.165, 1.54) is 18.4 Å². The highest BCUT2D eigenvalue weighted by molar-refractivity contribution is 5.95. The van der Waals surface area contributed by atoms with E-state index in [-0.39, 0.29) is 5.91 Å². The Morgan fingerprint density at radius 3 is 2.88 bits per heavy atom. The molecule has 1 heterocycles. The lowest BCUT2D eigenvalue weighted by atomic mass is 10.1. The van der Waals surface area contributed by atoms with E-state index >= 15 is 0 Å². The van der Waals surface area contributed by atoms with Gasteiger partial charge in [0.25, 0.3) is 0 Å². The predicted octanol–water partition coefficient (Wildman–Crippen LogP) is 1.08. The largest absolute Gasteiger partial charge is 0.398 e. The second kappa shape index (κ2) is 4.04. The number of anilines is 2. The van der Waals surface area contributed by atoms with Crippen LogP contribution in [0, 0.1) is 0 Å². The Balaban J connectivity index is 1.91. The molecule has 1 saturated heterocycles. The molecule has 0 unspecified atom stereocenters. The van der Waals surface area contributed by atoms with E-state index in [0.29, 0.717) is 12.5 Å². The molecule has 3 N–H and O–H groups in total. The molecule has 1 aromatic rings. The van der Waals surface area contributed by atoms with E-state index in [9.17, 15) is 4.79 Å². The van der Waals surface area contributed by atoms with Crippen molar-refractivity contribution in [1.82, 2.24) is 5.32 Å². The Hall–Kier alpha value is -1.55. The second-order valence-corrected chi connectivity index (χ2v) is 4.81. The number of hydrogen-bond donors (Lipinski definition) is 2. The van der Waals surface area contributed by atoms with E-state index < -0.39 is 0 Å². The summed E-state index contributed by atoms with van der Waals surface area (Å²) >= 11 is 0. The van der Waals surface area contributed by atoms with Crippen molar-refractivity contribution in [3.05, 3.63) is 23.8 Å². The summed E-state index contributed by atoms with van der Waals surface area (Å²) < 4.78 is 0. The molecule has 1 saturated carbocycles. The molecule has 1 aliphatic carbocycles. The summed E-state index contributed by atoms with van der Waals surface area (Å²) in [6.45, 7) is 2.03. The van der Waals surface area contributed by atoms with E-state index in [0.717, 1.165) is 24.5 Å². The molecule has 0 bridgehead atoms. The zero-order valence-electron chi connectivity index (χ0n) is 9.78. The predicted molar refractivity (Wildman–Crippen MR) is 68.1 cm³/mol. The minimum absolute atomic E-state index is 0.141. The number of benzene rings is 1. The number of rotatable bonds is 2. The van der Waals surface area contributed by atoms with Gasteiger partial charge in [-0.25, -0.2) is 0 Å². The zero-order chi connectivity index (χ0) is 11.8. The number of nitrogens with two attached hydrogens (primary N) is 1. The molecule has 0 spiro atoms. The number of nitrogens with one attached hydrogen (secondary N) is 1. The minimum Gasteiger partial charge on any atom is -0.398 e. The van der Waals surface area contributed by atoms with Crippen LogP contribution in [-0.4, -0.2) is 25.5 Å².